The van der Waals surface area contributed by atoms with Gasteiger partial charge in [0, 0.05) is 5.92 Å². The summed E-state index contributed by atoms with van der Waals surface area (Å²) in [6.45, 7) is 1.93. The molecule has 1 aromatic carbocycles. The lowest BCUT2D eigenvalue weighted by Crippen LogP contribution is -2.36. The number of nitrogens with one attached hydrogen (secondary N) is 1. The Labute approximate surface area is 145 Å². The Kier molecular flexibility index (Phi) is 5.74. The van der Waals surface area contributed by atoms with Gasteiger partial charge < -0.3 is 14.6 Å². The van der Waals surface area contributed by atoms with Gasteiger partial charge in [0.1, 0.15) is 5.75 Å². The average molecular weight is 347 g/mol. The van der Waals surface area contributed by atoms with Crippen LogP contribution in [0.25, 0.3) is 0 Å². The molecule has 1 unspecified atom stereocenters. The highest BCUT2D eigenvalue weighted by Gasteiger charge is 2.22. The van der Waals surface area contributed by atoms with Crippen LogP contribution >= 0.6 is 11.8 Å². The predicted molar refractivity (Wildman–Crippen MR) is 92.0 cm³/mol. The molecule has 1 atom stereocenters. The largest absolute Gasteiger partial charge is 0.481 e. The van der Waals surface area contributed by atoms with Crippen molar-refractivity contribution in [2.24, 2.45) is 0 Å². The molecule has 24 heavy (non-hydrogen) atoms. The Balaban J connectivity index is 1.48. The maximum atomic E-state index is 12.1. The monoisotopic (exact) mass is 347 g/mol. The molecule has 1 fully saturated rings. The third-order valence-electron chi connectivity index (χ3n) is 3.91. The smallest absolute Gasteiger partial charge is 0.261 e. The van der Waals surface area contributed by atoms with Crippen LogP contribution in [0.1, 0.15) is 37.4 Å². The minimum atomic E-state index is -0.592. The van der Waals surface area contributed by atoms with Crippen molar-refractivity contribution in [2.75, 3.05) is 11.5 Å². The van der Waals surface area contributed by atoms with Crippen molar-refractivity contribution in [2.45, 2.75) is 38.3 Å². The molecule has 1 aliphatic rings. The Morgan fingerprint density at radius 1 is 1.38 bits per heavy atom. The second kappa shape index (κ2) is 8.19. The van der Waals surface area contributed by atoms with Crippen molar-refractivity contribution < 1.29 is 14.1 Å². The van der Waals surface area contributed by atoms with E-state index in [9.17, 15) is 4.79 Å². The fraction of sp³-hybridized carbons (Fsp3) is 0.471. The first-order chi connectivity index (χ1) is 11.7. The number of benzene rings is 1. The van der Waals surface area contributed by atoms with E-state index in [1.54, 1.807) is 6.92 Å². The normalized spacial score (nSPS) is 16.5. The van der Waals surface area contributed by atoms with Gasteiger partial charge in [0.05, 0.1) is 6.54 Å². The standard InChI is InChI=1S/C17H21N3O3S/c1-12(22-14-5-3-2-4-6-14)17(21)18-11-15-19-16(20-23-15)13-7-9-24-10-8-13/h2-6,12-13H,7-11H2,1H3,(H,18,21). The third-order valence-corrected chi connectivity index (χ3v) is 4.96. The van der Waals surface area contributed by atoms with E-state index < -0.39 is 6.10 Å². The Hall–Kier alpha value is -2.02. The molecule has 1 aliphatic heterocycles. The summed E-state index contributed by atoms with van der Waals surface area (Å²) in [5.41, 5.74) is 0. The van der Waals surface area contributed by atoms with Crippen molar-refractivity contribution in [1.82, 2.24) is 15.5 Å². The Morgan fingerprint density at radius 3 is 2.88 bits per heavy atom. The number of carbonyl (C=O) groups excluding carboxylic acids is 1. The Bertz CT molecular complexity index is 656. The van der Waals surface area contributed by atoms with Gasteiger partial charge in [0.25, 0.3) is 5.91 Å². The van der Waals surface area contributed by atoms with E-state index in [2.05, 4.69) is 15.5 Å². The SMILES string of the molecule is CC(Oc1ccccc1)C(=O)NCc1nc(C2CCSCC2)no1. The molecule has 0 aliphatic carbocycles. The minimum Gasteiger partial charge on any atom is -0.481 e. The number of ether oxygens (including phenoxy) is 1. The van der Waals surface area contributed by atoms with Gasteiger partial charge in [-0.05, 0) is 43.4 Å². The summed E-state index contributed by atoms with van der Waals surface area (Å²) >= 11 is 1.96. The summed E-state index contributed by atoms with van der Waals surface area (Å²) < 4.78 is 10.8. The molecule has 1 N–H and O–H groups in total. The summed E-state index contributed by atoms with van der Waals surface area (Å²) in [6, 6.07) is 9.26. The first kappa shape index (κ1) is 16.8. The lowest BCUT2D eigenvalue weighted by atomic mass is 10.0. The summed E-state index contributed by atoms with van der Waals surface area (Å²) in [5, 5.41) is 6.82. The molecule has 3 rings (SSSR count). The van der Waals surface area contributed by atoms with Crippen molar-refractivity contribution in [1.29, 1.82) is 0 Å². The highest BCUT2D eigenvalue weighted by atomic mass is 32.2. The van der Waals surface area contributed by atoms with Gasteiger partial charge in [-0.15, -0.1) is 0 Å². The lowest BCUT2D eigenvalue weighted by Gasteiger charge is -2.17. The van der Waals surface area contributed by atoms with Crippen molar-refractivity contribution in [3.05, 3.63) is 42.0 Å². The van der Waals surface area contributed by atoms with Gasteiger partial charge in [-0.1, -0.05) is 23.4 Å². The maximum absolute atomic E-state index is 12.1. The maximum Gasteiger partial charge on any atom is 0.261 e. The first-order valence-electron chi connectivity index (χ1n) is 8.12. The lowest BCUT2D eigenvalue weighted by molar-refractivity contribution is -0.127. The molecule has 7 heteroatoms. The summed E-state index contributed by atoms with van der Waals surface area (Å²) in [4.78, 5) is 16.5. The van der Waals surface area contributed by atoms with Gasteiger partial charge in [0.2, 0.25) is 5.89 Å². The molecule has 1 amide bonds. The number of aromatic nitrogens is 2. The number of thioether (sulfide) groups is 1. The minimum absolute atomic E-state index is 0.215. The van der Waals surface area contributed by atoms with Crippen LogP contribution in [0.15, 0.2) is 34.9 Å². The second-order valence-corrected chi connectivity index (χ2v) is 6.95. The van der Waals surface area contributed by atoms with Crippen LogP contribution in [-0.2, 0) is 11.3 Å². The van der Waals surface area contributed by atoms with Crippen LogP contribution in [0.4, 0.5) is 0 Å². The van der Waals surface area contributed by atoms with Crippen LogP contribution < -0.4 is 10.1 Å². The van der Waals surface area contributed by atoms with E-state index >= 15 is 0 Å². The van der Waals surface area contributed by atoms with Crippen LogP contribution in [0, 0.1) is 0 Å². The molecule has 128 valence electrons. The van der Waals surface area contributed by atoms with Crippen molar-refractivity contribution >= 4 is 17.7 Å². The quantitative estimate of drug-likeness (QED) is 0.866. The summed E-state index contributed by atoms with van der Waals surface area (Å²) in [6.07, 6.45) is 1.57. The van der Waals surface area contributed by atoms with E-state index in [-0.39, 0.29) is 12.5 Å². The number of hydrogen-bond acceptors (Lipinski definition) is 6. The molecule has 1 aromatic heterocycles. The van der Waals surface area contributed by atoms with Crippen LogP contribution in [0.2, 0.25) is 0 Å². The van der Waals surface area contributed by atoms with E-state index in [0.29, 0.717) is 17.6 Å². The van der Waals surface area contributed by atoms with Gasteiger partial charge in [-0.2, -0.15) is 16.7 Å². The highest BCUT2D eigenvalue weighted by molar-refractivity contribution is 7.99. The zero-order chi connectivity index (χ0) is 16.8. The van der Waals surface area contributed by atoms with Gasteiger partial charge in [0.15, 0.2) is 11.9 Å². The first-order valence-corrected chi connectivity index (χ1v) is 9.27. The molecule has 0 radical (unpaired) electrons. The fourth-order valence-corrected chi connectivity index (χ4v) is 3.63. The fourth-order valence-electron chi connectivity index (χ4n) is 2.52. The zero-order valence-corrected chi connectivity index (χ0v) is 14.4. The molecule has 1 saturated heterocycles. The van der Waals surface area contributed by atoms with E-state index in [1.165, 1.54) is 0 Å². The molecular weight excluding hydrogens is 326 g/mol. The zero-order valence-electron chi connectivity index (χ0n) is 13.6. The van der Waals surface area contributed by atoms with Crippen molar-refractivity contribution in [3.8, 4) is 5.75 Å². The Morgan fingerprint density at radius 2 is 2.12 bits per heavy atom. The number of amides is 1. The summed E-state index contributed by atoms with van der Waals surface area (Å²) in [5.74, 6) is 4.29. The topological polar surface area (TPSA) is 77.2 Å². The molecule has 2 aromatic rings. The number of hydrogen-bond donors (Lipinski definition) is 1. The molecule has 6 nitrogen and oxygen atoms in total. The second-order valence-electron chi connectivity index (χ2n) is 5.72. The molecule has 2 heterocycles. The molecular formula is C17H21N3O3S. The van der Waals surface area contributed by atoms with E-state index in [0.717, 1.165) is 30.2 Å². The van der Waals surface area contributed by atoms with Gasteiger partial charge in [-0.3, -0.25) is 4.79 Å². The summed E-state index contributed by atoms with van der Waals surface area (Å²) in [7, 11) is 0. The number of para-hydroxylation sites is 1. The number of nitrogens with zero attached hydrogens (tertiary/aromatic N) is 2. The van der Waals surface area contributed by atoms with Crippen LogP contribution in [0.3, 0.4) is 0 Å². The van der Waals surface area contributed by atoms with Crippen LogP contribution in [-0.4, -0.2) is 33.7 Å². The number of rotatable bonds is 6. The van der Waals surface area contributed by atoms with Gasteiger partial charge >= 0.3 is 0 Å². The highest BCUT2D eigenvalue weighted by Crippen LogP contribution is 2.29. The average Bonchev–Trinajstić information content (AvgIpc) is 3.10. The molecule has 0 bridgehead atoms. The van der Waals surface area contributed by atoms with E-state index in [1.807, 2.05) is 42.1 Å². The number of carbonyl (C=O) groups is 1. The molecule has 0 saturated carbocycles. The van der Waals surface area contributed by atoms with Crippen molar-refractivity contribution in [3.63, 3.8) is 0 Å². The third kappa shape index (κ3) is 4.50. The van der Waals surface area contributed by atoms with Gasteiger partial charge in [-0.25, -0.2) is 0 Å². The van der Waals surface area contributed by atoms with Crippen LogP contribution in [0.5, 0.6) is 5.75 Å². The molecule has 0 spiro atoms. The predicted octanol–water partition coefficient (Wildman–Crippen LogP) is 2.76. The van der Waals surface area contributed by atoms with E-state index in [4.69, 9.17) is 9.26 Å².